The Hall–Kier alpha value is -0.510. The molecule has 1 N–H and O–H groups in total. The van der Waals surface area contributed by atoms with E-state index in [1.807, 2.05) is 13.8 Å². The highest BCUT2D eigenvalue weighted by Gasteiger charge is 2.01. The van der Waals surface area contributed by atoms with Crippen LogP contribution in [0.25, 0.3) is 6.08 Å². The molecule has 1 aliphatic heterocycles. The van der Waals surface area contributed by atoms with Gasteiger partial charge in [0.1, 0.15) is 0 Å². The first-order valence-corrected chi connectivity index (χ1v) is 5.64. The fraction of sp³-hybridized carbons (Fsp3) is 0.273. The summed E-state index contributed by atoms with van der Waals surface area (Å²) in [6.45, 7) is 4.95. The molecule has 0 amide bonds. The molecule has 0 saturated carbocycles. The van der Waals surface area contributed by atoms with Crippen molar-refractivity contribution >= 4 is 34.4 Å². The molecule has 0 saturated heterocycles. The highest BCUT2D eigenvalue weighted by Crippen LogP contribution is 2.22. The first kappa shape index (κ1) is 10.6. The van der Waals surface area contributed by atoms with Gasteiger partial charge in [-0.15, -0.1) is 0 Å². The molecular weight excluding hydrogens is 273 g/mol. The molecule has 0 unspecified atom stereocenters. The molecule has 0 spiro atoms. The lowest BCUT2D eigenvalue weighted by Crippen LogP contribution is -2.03. The van der Waals surface area contributed by atoms with Crippen LogP contribution in [0.4, 0.5) is 5.69 Å². The van der Waals surface area contributed by atoms with Gasteiger partial charge in [0.2, 0.25) is 0 Å². The quantitative estimate of drug-likeness (QED) is 0.712. The molecule has 1 aromatic carbocycles. The van der Waals surface area contributed by atoms with E-state index < -0.39 is 0 Å². The second-order valence-electron chi connectivity index (χ2n) is 2.51. The highest BCUT2D eigenvalue weighted by atomic mass is 127. The number of hydrogen-bond acceptors (Lipinski definition) is 1. The smallest absolute Gasteiger partial charge is 0.0426 e. The van der Waals surface area contributed by atoms with Gasteiger partial charge in [-0.2, -0.15) is 0 Å². The number of hydrogen-bond donors (Lipinski definition) is 1. The van der Waals surface area contributed by atoms with Crippen molar-refractivity contribution in [3.63, 3.8) is 0 Å². The van der Waals surface area contributed by atoms with E-state index in [1.165, 1.54) is 14.8 Å². The molecular formula is C11H16IN. The van der Waals surface area contributed by atoms with Gasteiger partial charge < -0.3 is 5.32 Å². The van der Waals surface area contributed by atoms with Crippen molar-refractivity contribution in [3.8, 4) is 0 Å². The molecule has 13 heavy (non-hydrogen) atoms. The fourth-order valence-electron chi connectivity index (χ4n) is 1.18. The van der Waals surface area contributed by atoms with E-state index in [1.54, 1.807) is 0 Å². The Kier molecular flexibility index (Phi) is 4.28. The number of benzene rings is 1. The van der Waals surface area contributed by atoms with Crippen molar-refractivity contribution in [2.75, 3.05) is 11.9 Å². The van der Waals surface area contributed by atoms with Gasteiger partial charge in [-0.1, -0.05) is 32.1 Å². The zero-order valence-corrected chi connectivity index (χ0v) is 10.1. The van der Waals surface area contributed by atoms with Crippen LogP contribution in [0.5, 0.6) is 0 Å². The first-order chi connectivity index (χ1) is 6.36. The van der Waals surface area contributed by atoms with E-state index in [4.69, 9.17) is 0 Å². The Morgan fingerprint density at radius 2 is 2.15 bits per heavy atom. The van der Waals surface area contributed by atoms with Gasteiger partial charge in [0.15, 0.2) is 0 Å². The van der Waals surface area contributed by atoms with Crippen LogP contribution in [0.15, 0.2) is 24.3 Å². The van der Waals surface area contributed by atoms with Gasteiger partial charge in [0.05, 0.1) is 0 Å². The van der Waals surface area contributed by atoms with Gasteiger partial charge in [0, 0.05) is 17.2 Å². The zero-order chi connectivity index (χ0) is 9.68. The molecule has 1 heterocycles. The lowest BCUT2D eigenvalue weighted by atomic mass is 10.1. The van der Waals surface area contributed by atoms with Crippen molar-refractivity contribution < 1.29 is 1.43 Å². The topological polar surface area (TPSA) is 12.0 Å². The van der Waals surface area contributed by atoms with Crippen LogP contribution in [0.3, 0.4) is 0 Å². The van der Waals surface area contributed by atoms with E-state index in [2.05, 4.69) is 58.3 Å². The highest BCUT2D eigenvalue weighted by molar-refractivity contribution is 14.1. The fourth-order valence-corrected chi connectivity index (χ4v) is 1.67. The van der Waals surface area contributed by atoms with Crippen molar-refractivity contribution in [1.29, 1.82) is 0 Å². The summed E-state index contributed by atoms with van der Waals surface area (Å²) < 4.78 is 1.28. The van der Waals surface area contributed by atoms with Gasteiger partial charge in [-0.3, -0.25) is 0 Å². The summed E-state index contributed by atoms with van der Waals surface area (Å²) in [5.74, 6) is 0. The SMILES string of the molecule is CC.Ic1ccc2c(c1)NCC=C2.[HH]. The van der Waals surface area contributed by atoms with Gasteiger partial charge in [-0.05, 0) is 40.3 Å². The van der Waals surface area contributed by atoms with Crippen LogP contribution in [0.1, 0.15) is 20.8 Å². The molecule has 1 nitrogen and oxygen atoms in total. The number of rotatable bonds is 0. The molecule has 0 fully saturated rings. The Balaban J connectivity index is 0.000000531. The third-order valence-corrected chi connectivity index (χ3v) is 2.39. The minimum Gasteiger partial charge on any atom is -0.381 e. The minimum absolute atomic E-state index is 0. The molecule has 0 bridgehead atoms. The maximum atomic E-state index is 3.31. The predicted molar refractivity (Wildman–Crippen MR) is 70.1 cm³/mol. The molecule has 2 heteroatoms. The second-order valence-corrected chi connectivity index (χ2v) is 3.76. The minimum atomic E-state index is 0. The summed E-state index contributed by atoms with van der Waals surface area (Å²) in [6, 6.07) is 6.43. The molecule has 0 radical (unpaired) electrons. The third-order valence-electron chi connectivity index (χ3n) is 1.72. The van der Waals surface area contributed by atoms with Gasteiger partial charge in [-0.25, -0.2) is 0 Å². The number of nitrogens with one attached hydrogen (secondary N) is 1. The summed E-state index contributed by atoms with van der Waals surface area (Å²) >= 11 is 2.32. The van der Waals surface area contributed by atoms with Crippen molar-refractivity contribution in [2.45, 2.75) is 13.8 Å². The molecule has 0 aliphatic carbocycles. The third kappa shape index (κ3) is 2.72. The van der Waals surface area contributed by atoms with Crippen LogP contribution >= 0.6 is 22.6 Å². The number of fused-ring (bicyclic) bond motifs is 1. The number of anilines is 1. The Morgan fingerprint density at radius 1 is 1.38 bits per heavy atom. The maximum Gasteiger partial charge on any atom is 0.0426 e. The van der Waals surface area contributed by atoms with Crippen LogP contribution in [0.2, 0.25) is 0 Å². The maximum absolute atomic E-state index is 3.31. The molecule has 1 aliphatic rings. The Labute approximate surface area is 94.9 Å². The summed E-state index contributed by atoms with van der Waals surface area (Å²) in [6.07, 6.45) is 4.29. The average molecular weight is 289 g/mol. The van der Waals surface area contributed by atoms with Crippen molar-refractivity contribution in [1.82, 2.24) is 0 Å². The monoisotopic (exact) mass is 289 g/mol. The predicted octanol–water partition coefficient (Wildman–Crippen LogP) is 4.00. The van der Waals surface area contributed by atoms with Gasteiger partial charge >= 0.3 is 0 Å². The lowest BCUT2D eigenvalue weighted by Gasteiger charge is -2.12. The molecule has 0 aromatic heterocycles. The van der Waals surface area contributed by atoms with Crippen LogP contribution in [-0.2, 0) is 0 Å². The summed E-state index contributed by atoms with van der Waals surface area (Å²) in [5, 5.41) is 3.31. The molecule has 72 valence electrons. The van der Waals surface area contributed by atoms with E-state index in [9.17, 15) is 0 Å². The van der Waals surface area contributed by atoms with Crippen LogP contribution < -0.4 is 5.32 Å². The van der Waals surface area contributed by atoms with E-state index >= 15 is 0 Å². The Bertz CT molecular complexity index is 310. The van der Waals surface area contributed by atoms with E-state index in [0.29, 0.717) is 0 Å². The lowest BCUT2D eigenvalue weighted by molar-refractivity contribution is 1.31. The number of halogens is 1. The first-order valence-electron chi connectivity index (χ1n) is 4.56. The van der Waals surface area contributed by atoms with Crippen molar-refractivity contribution in [3.05, 3.63) is 33.4 Å². The van der Waals surface area contributed by atoms with E-state index in [0.717, 1.165) is 6.54 Å². The average Bonchev–Trinajstić information content (AvgIpc) is 2.21. The standard InChI is InChI=1S/C9H8IN.C2H6.H2/c10-8-4-3-7-2-1-5-11-9(7)6-8;1-2;/h1-4,6,11H,5H2;1-2H3;1H. The van der Waals surface area contributed by atoms with Gasteiger partial charge in [0.25, 0.3) is 0 Å². The van der Waals surface area contributed by atoms with Crippen LogP contribution in [0, 0.1) is 3.57 Å². The normalized spacial score (nSPS) is 12.2. The van der Waals surface area contributed by atoms with Crippen LogP contribution in [-0.4, -0.2) is 6.54 Å². The van der Waals surface area contributed by atoms with E-state index in [-0.39, 0.29) is 1.43 Å². The Morgan fingerprint density at radius 3 is 2.92 bits per heavy atom. The summed E-state index contributed by atoms with van der Waals surface area (Å²) in [5.41, 5.74) is 2.54. The van der Waals surface area contributed by atoms with Crippen molar-refractivity contribution in [2.24, 2.45) is 0 Å². The molecule has 1 aromatic rings. The molecule has 2 rings (SSSR count). The molecule has 0 atom stereocenters. The second kappa shape index (κ2) is 5.27. The zero-order valence-electron chi connectivity index (χ0n) is 7.97. The summed E-state index contributed by atoms with van der Waals surface area (Å²) in [4.78, 5) is 0. The summed E-state index contributed by atoms with van der Waals surface area (Å²) in [7, 11) is 0. The largest absolute Gasteiger partial charge is 0.381 e.